The lowest BCUT2D eigenvalue weighted by atomic mass is 10.1. The van der Waals surface area contributed by atoms with E-state index in [-0.39, 0.29) is 0 Å². The first kappa shape index (κ1) is 15.4. The lowest BCUT2D eigenvalue weighted by Crippen LogP contribution is -2.26. The van der Waals surface area contributed by atoms with Gasteiger partial charge >= 0.3 is 0 Å². The highest BCUT2D eigenvalue weighted by Gasteiger charge is 2.14. The van der Waals surface area contributed by atoms with Crippen LogP contribution in [0, 0.1) is 6.92 Å². The van der Waals surface area contributed by atoms with Crippen LogP contribution in [0.15, 0.2) is 48.5 Å². The molecule has 2 rings (SSSR count). The minimum absolute atomic E-state index is 0.931. The fraction of sp³-hybridized carbons (Fsp3) is 0.368. The number of para-hydroxylation sites is 1. The smallest absolute Gasteiger partial charge is 0.0634 e. The second kappa shape index (κ2) is 7.16. The van der Waals surface area contributed by atoms with E-state index in [9.17, 15) is 0 Å². The molecule has 0 saturated heterocycles. The molecule has 0 amide bonds. The van der Waals surface area contributed by atoms with Crippen molar-refractivity contribution in [2.75, 3.05) is 29.9 Å². The summed E-state index contributed by atoms with van der Waals surface area (Å²) in [7, 11) is 2.18. The van der Waals surface area contributed by atoms with Crippen molar-refractivity contribution < 1.29 is 0 Å². The molecule has 0 saturated carbocycles. The SMILES string of the molecule is CCN(CC)c1cccc(C)c1N(C)Cc1ccccc1. The molecule has 0 atom stereocenters. The van der Waals surface area contributed by atoms with Crippen molar-refractivity contribution in [1.82, 2.24) is 0 Å². The van der Waals surface area contributed by atoms with Crippen LogP contribution >= 0.6 is 0 Å². The Morgan fingerprint density at radius 3 is 2.14 bits per heavy atom. The highest BCUT2D eigenvalue weighted by molar-refractivity contribution is 5.74. The topological polar surface area (TPSA) is 6.48 Å². The Kier molecular flexibility index (Phi) is 5.26. The van der Waals surface area contributed by atoms with Gasteiger partial charge in [-0.25, -0.2) is 0 Å². The molecule has 0 aliphatic carbocycles. The van der Waals surface area contributed by atoms with E-state index in [1.165, 1.54) is 22.5 Å². The Morgan fingerprint density at radius 2 is 1.52 bits per heavy atom. The van der Waals surface area contributed by atoms with Gasteiger partial charge in [0.1, 0.15) is 0 Å². The van der Waals surface area contributed by atoms with Gasteiger partial charge in [-0.05, 0) is 38.0 Å². The van der Waals surface area contributed by atoms with Gasteiger partial charge in [0, 0.05) is 26.7 Å². The molecule has 2 heteroatoms. The summed E-state index contributed by atoms with van der Waals surface area (Å²) in [5.74, 6) is 0. The van der Waals surface area contributed by atoms with Gasteiger partial charge in [0.2, 0.25) is 0 Å². The maximum absolute atomic E-state index is 2.42. The van der Waals surface area contributed by atoms with Crippen LogP contribution in [0.4, 0.5) is 11.4 Å². The van der Waals surface area contributed by atoms with Crippen LogP contribution in [0.2, 0.25) is 0 Å². The van der Waals surface area contributed by atoms with E-state index < -0.39 is 0 Å². The Labute approximate surface area is 129 Å². The molecular weight excluding hydrogens is 256 g/mol. The summed E-state index contributed by atoms with van der Waals surface area (Å²) in [6, 6.07) is 17.2. The largest absolute Gasteiger partial charge is 0.370 e. The third-order valence-corrected chi connectivity index (χ3v) is 3.96. The number of benzene rings is 2. The van der Waals surface area contributed by atoms with Crippen LogP contribution < -0.4 is 9.80 Å². The minimum Gasteiger partial charge on any atom is -0.370 e. The molecule has 112 valence electrons. The van der Waals surface area contributed by atoms with E-state index in [1.54, 1.807) is 0 Å². The first-order valence-electron chi connectivity index (χ1n) is 7.77. The summed E-state index contributed by atoms with van der Waals surface area (Å²) in [4.78, 5) is 4.78. The average Bonchev–Trinajstić information content (AvgIpc) is 2.49. The summed E-state index contributed by atoms with van der Waals surface area (Å²) in [5.41, 5.74) is 5.34. The zero-order chi connectivity index (χ0) is 15.2. The Balaban J connectivity index is 2.33. The number of anilines is 2. The Hall–Kier alpha value is -1.96. The molecule has 0 aliphatic rings. The van der Waals surface area contributed by atoms with Crippen LogP contribution in [0.5, 0.6) is 0 Å². The van der Waals surface area contributed by atoms with Gasteiger partial charge in [-0.2, -0.15) is 0 Å². The van der Waals surface area contributed by atoms with Crippen molar-refractivity contribution >= 4 is 11.4 Å². The van der Waals surface area contributed by atoms with Gasteiger partial charge in [0.15, 0.2) is 0 Å². The van der Waals surface area contributed by atoms with Crippen LogP contribution in [0.25, 0.3) is 0 Å². The lowest BCUT2D eigenvalue weighted by Gasteiger charge is -2.30. The molecule has 2 aromatic carbocycles. The van der Waals surface area contributed by atoms with E-state index in [2.05, 4.69) is 86.1 Å². The normalized spacial score (nSPS) is 10.5. The third kappa shape index (κ3) is 3.57. The molecule has 0 spiro atoms. The first-order valence-corrected chi connectivity index (χ1v) is 7.77. The van der Waals surface area contributed by atoms with Gasteiger partial charge in [-0.15, -0.1) is 0 Å². The Morgan fingerprint density at radius 1 is 0.857 bits per heavy atom. The molecule has 0 unspecified atom stereocenters. The number of hydrogen-bond acceptors (Lipinski definition) is 2. The van der Waals surface area contributed by atoms with E-state index in [1.807, 2.05) is 0 Å². The van der Waals surface area contributed by atoms with Crippen molar-refractivity contribution in [1.29, 1.82) is 0 Å². The summed E-state index contributed by atoms with van der Waals surface area (Å²) in [6.45, 7) is 9.63. The second-order valence-corrected chi connectivity index (χ2v) is 5.46. The zero-order valence-electron chi connectivity index (χ0n) is 13.6. The van der Waals surface area contributed by atoms with E-state index in [0.717, 1.165) is 19.6 Å². The molecule has 0 aromatic heterocycles. The van der Waals surface area contributed by atoms with Crippen LogP contribution in [0.1, 0.15) is 25.0 Å². The maximum Gasteiger partial charge on any atom is 0.0634 e. The van der Waals surface area contributed by atoms with Crippen LogP contribution in [-0.2, 0) is 6.54 Å². The van der Waals surface area contributed by atoms with Gasteiger partial charge in [0.05, 0.1) is 11.4 Å². The highest BCUT2D eigenvalue weighted by Crippen LogP contribution is 2.32. The molecule has 21 heavy (non-hydrogen) atoms. The predicted molar refractivity (Wildman–Crippen MR) is 93.3 cm³/mol. The molecule has 0 bridgehead atoms. The molecule has 0 heterocycles. The second-order valence-electron chi connectivity index (χ2n) is 5.46. The monoisotopic (exact) mass is 282 g/mol. The summed E-state index contributed by atoms with van der Waals surface area (Å²) >= 11 is 0. The van der Waals surface area contributed by atoms with Crippen molar-refractivity contribution in [3.63, 3.8) is 0 Å². The van der Waals surface area contributed by atoms with Crippen molar-refractivity contribution in [3.8, 4) is 0 Å². The van der Waals surface area contributed by atoms with Crippen LogP contribution in [0.3, 0.4) is 0 Å². The number of aryl methyl sites for hydroxylation is 1. The molecule has 2 aromatic rings. The summed E-state index contributed by atoms with van der Waals surface area (Å²) < 4.78 is 0. The quantitative estimate of drug-likeness (QED) is 0.771. The molecule has 2 nitrogen and oxygen atoms in total. The fourth-order valence-corrected chi connectivity index (χ4v) is 2.90. The fourth-order valence-electron chi connectivity index (χ4n) is 2.90. The van der Waals surface area contributed by atoms with Gasteiger partial charge in [0.25, 0.3) is 0 Å². The number of hydrogen-bond donors (Lipinski definition) is 0. The third-order valence-electron chi connectivity index (χ3n) is 3.96. The maximum atomic E-state index is 2.42. The summed E-state index contributed by atoms with van der Waals surface area (Å²) in [5, 5.41) is 0. The number of nitrogens with zero attached hydrogens (tertiary/aromatic N) is 2. The highest BCUT2D eigenvalue weighted by atomic mass is 15.2. The standard InChI is InChI=1S/C19H26N2/c1-5-21(6-2)18-14-10-11-16(3)19(18)20(4)15-17-12-8-7-9-13-17/h7-14H,5-6,15H2,1-4H3. The van der Waals surface area contributed by atoms with E-state index in [0.29, 0.717) is 0 Å². The molecule has 0 fully saturated rings. The molecular formula is C19H26N2. The van der Waals surface area contributed by atoms with E-state index in [4.69, 9.17) is 0 Å². The summed E-state index contributed by atoms with van der Waals surface area (Å²) in [6.07, 6.45) is 0. The number of rotatable bonds is 6. The predicted octanol–water partition coefficient (Wildman–Crippen LogP) is 4.48. The van der Waals surface area contributed by atoms with Gasteiger partial charge < -0.3 is 9.80 Å². The lowest BCUT2D eigenvalue weighted by molar-refractivity contribution is 0.848. The molecule has 0 aliphatic heterocycles. The average molecular weight is 282 g/mol. The van der Waals surface area contributed by atoms with Crippen LogP contribution in [-0.4, -0.2) is 20.1 Å². The molecule has 0 radical (unpaired) electrons. The van der Waals surface area contributed by atoms with Gasteiger partial charge in [-0.1, -0.05) is 42.5 Å². The minimum atomic E-state index is 0.931. The van der Waals surface area contributed by atoms with Crippen molar-refractivity contribution in [2.24, 2.45) is 0 Å². The van der Waals surface area contributed by atoms with E-state index >= 15 is 0 Å². The molecule has 0 N–H and O–H groups in total. The Bertz CT molecular complexity index is 559. The van der Waals surface area contributed by atoms with Crippen molar-refractivity contribution in [3.05, 3.63) is 59.7 Å². The van der Waals surface area contributed by atoms with Crippen molar-refractivity contribution in [2.45, 2.75) is 27.3 Å². The van der Waals surface area contributed by atoms with Gasteiger partial charge in [-0.3, -0.25) is 0 Å². The zero-order valence-corrected chi connectivity index (χ0v) is 13.6. The first-order chi connectivity index (χ1) is 10.2.